The zero-order valence-electron chi connectivity index (χ0n) is 11.5. The second-order valence-electron chi connectivity index (χ2n) is 5.16. The maximum absolute atomic E-state index is 11.5. The van der Waals surface area contributed by atoms with Gasteiger partial charge in [-0.15, -0.1) is 0 Å². The summed E-state index contributed by atoms with van der Waals surface area (Å²) in [5, 5.41) is 2.98. The molecule has 18 heavy (non-hydrogen) atoms. The minimum Gasteiger partial charge on any atom is -0.374 e. The number of hydrogen-bond donors (Lipinski definition) is 1. The number of hydrogen-bond acceptors (Lipinski definition) is 2. The molecule has 0 spiro atoms. The number of carbonyl (C=O) groups excluding carboxylic acids is 1. The van der Waals surface area contributed by atoms with E-state index >= 15 is 0 Å². The van der Waals surface area contributed by atoms with Crippen LogP contribution in [0.3, 0.4) is 0 Å². The average Bonchev–Trinajstić information content (AvgIpc) is 2.29. The van der Waals surface area contributed by atoms with Crippen molar-refractivity contribution < 1.29 is 9.53 Å². The molecule has 0 radical (unpaired) electrons. The van der Waals surface area contributed by atoms with Crippen molar-refractivity contribution >= 4 is 5.91 Å². The summed E-state index contributed by atoms with van der Waals surface area (Å²) in [6.45, 7) is 7.04. The maximum atomic E-state index is 11.5. The van der Waals surface area contributed by atoms with Crippen molar-refractivity contribution in [1.82, 2.24) is 5.32 Å². The molecule has 0 saturated heterocycles. The van der Waals surface area contributed by atoms with Crippen LogP contribution in [0, 0.1) is 0 Å². The van der Waals surface area contributed by atoms with E-state index in [1.54, 1.807) is 0 Å². The molecule has 1 aromatic carbocycles. The number of nitrogens with one attached hydrogen (secondary N) is 1. The molecule has 1 amide bonds. The molecule has 0 aliphatic carbocycles. The fraction of sp³-hybridized carbons (Fsp3) is 0.533. The Hall–Kier alpha value is -1.35. The first-order chi connectivity index (χ1) is 8.53. The van der Waals surface area contributed by atoms with Gasteiger partial charge in [0.25, 0.3) is 0 Å². The van der Waals surface area contributed by atoms with Crippen molar-refractivity contribution in [1.29, 1.82) is 0 Å². The minimum absolute atomic E-state index is 0.0887. The standard InChI is InChI=1S/C15H23NO2/c1-4-8-14(17)16-15(2,3)12-18-11-13-9-6-5-7-10-13/h5-7,9-10H,4,8,11-12H2,1-3H3,(H,16,17). The van der Waals surface area contributed by atoms with Gasteiger partial charge in [0.05, 0.1) is 18.8 Å². The van der Waals surface area contributed by atoms with Crippen molar-refractivity contribution in [3.05, 3.63) is 35.9 Å². The van der Waals surface area contributed by atoms with Crippen LogP contribution in [-0.2, 0) is 16.1 Å². The van der Waals surface area contributed by atoms with Crippen LogP contribution < -0.4 is 5.32 Å². The number of rotatable bonds is 7. The normalized spacial score (nSPS) is 11.3. The van der Waals surface area contributed by atoms with Gasteiger partial charge in [-0.1, -0.05) is 37.3 Å². The molecule has 100 valence electrons. The highest BCUT2D eigenvalue weighted by molar-refractivity contribution is 5.76. The fourth-order valence-corrected chi connectivity index (χ4v) is 1.70. The molecule has 0 heterocycles. The Morgan fingerprint density at radius 2 is 1.94 bits per heavy atom. The third-order valence-corrected chi connectivity index (χ3v) is 2.53. The Bertz CT molecular complexity index is 360. The van der Waals surface area contributed by atoms with E-state index in [9.17, 15) is 4.79 Å². The molecular weight excluding hydrogens is 226 g/mol. The summed E-state index contributed by atoms with van der Waals surface area (Å²) in [4.78, 5) is 11.5. The number of carbonyl (C=O) groups is 1. The molecule has 0 atom stereocenters. The van der Waals surface area contributed by atoms with Crippen molar-refractivity contribution in [3.8, 4) is 0 Å². The van der Waals surface area contributed by atoms with Gasteiger partial charge in [-0.3, -0.25) is 4.79 Å². The Labute approximate surface area is 110 Å². The van der Waals surface area contributed by atoms with E-state index in [0.29, 0.717) is 19.6 Å². The quantitative estimate of drug-likeness (QED) is 0.807. The lowest BCUT2D eigenvalue weighted by Crippen LogP contribution is -2.46. The molecule has 0 fully saturated rings. The summed E-state index contributed by atoms with van der Waals surface area (Å²) in [7, 11) is 0. The zero-order chi connectivity index (χ0) is 13.4. The fourth-order valence-electron chi connectivity index (χ4n) is 1.70. The first kappa shape index (κ1) is 14.7. The predicted molar refractivity (Wildman–Crippen MR) is 73.2 cm³/mol. The molecule has 1 aromatic rings. The van der Waals surface area contributed by atoms with Crippen molar-refractivity contribution in [3.63, 3.8) is 0 Å². The van der Waals surface area contributed by atoms with Crippen LogP contribution in [0.25, 0.3) is 0 Å². The average molecular weight is 249 g/mol. The predicted octanol–water partition coefficient (Wildman–Crippen LogP) is 2.90. The molecular formula is C15H23NO2. The lowest BCUT2D eigenvalue weighted by Gasteiger charge is -2.26. The van der Waals surface area contributed by atoms with Gasteiger partial charge in [-0.25, -0.2) is 0 Å². The minimum atomic E-state index is -0.318. The largest absolute Gasteiger partial charge is 0.374 e. The van der Waals surface area contributed by atoms with E-state index in [2.05, 4.69) is 5.32 Å². The van der Waals surface area contributed by atoms with Crippen LogP contribution in [0.1, 0.15) is 39.2 Å². The van der Waals surface area contributed by atoms with Crippen molar-refractivity contribution in [2.24, 2.45) is 0 Å². The van der Waals surface area contributed by atoms with E-state index in [1.165, 1.54) is 0 Å². The lowest BCUT2D eigenvalue weighted by molar-refractivity contribution is -0.123. The zero-order valence-corrected chi connectivity index (χ0v) is 11.5. The molecule has 0 bridgehead atoms. The van der Waals surface area contributed by atoms with Crippen molar-refractivity contribution in [2.75, 3.05) is 6.61 Å². The SMILES string of the molecule is CCCC(=O)NC(C)(C)COCc1ccccc1. The van der Waals surface area contributed by atoms with E-state index in [0.717, 1.165) is 12.0 Å². The van der Waals surface area contributed by atoms with Crippen LogP contribution in [0.4, 0.5) is 0 Å². The summed E-state index contributed by atoms with van der Waals surface area (Å²) >= 11 is 0. The highest BCUT2D eigenvalue weighted by atomic mass is 16.5. The van der Waals surface area contributed by atoms with Crippen molar-refractivity contribution in [2.45, 2.75) is 45.8 Å². The third kappa shape index (κ3) is 5.82. The number of amides is 1. The molecule has 0 unspecified atom stereocenters. The Morgan fingerprint density at radius 1 is 1.28 bits per heavy atom. The van der Waals surface area contributed by atoms with E-state index in [1.807, 2.05) is 51.1 Å². The second kappa shape index (κ2) is 7.17. The molecule has 3 nitrogen and oxygen atoms in total. The maximum Gasteiger partial charge on any atom is 0.220 e. The highest BCUT2D eigenvalue weighted by Gasteiger charge is 2.20. The van der Waals surface area contributed by atoms with Gasteiger partial charge in [-0.05, 0) is 25.8 Å². The van der Waals surface area contributed by atoms with E-state index in [4.69, 9.17) is 4.74 Å². The summed E-state index contributed by atoms with van der Waals surface area (Å²) < 4.78 is 5.65. The number of benzene rings is 1. The van der Waals surface area contributed by atoms with E-state index < -0.39 is 0 Å². The summed E-state index contributed by atoms with van der Waals surface area (Å²) in [5.41, 5.74) is 0.828. The molecule has 1 rings (SSSR count). The second-order valence-corrected chi connectivity index (χ2v) is 5.16. The summed E-state index contributed by atoms with van der Waals surface area (Å²) in [6, 6.07) is 10.0. The molecule has 3 heteroatoms. The van der Waals surface area contributed by atoms with Gasteiger partial charge in [0, 0.05) is 6.42 Å². The Balaban J connectivity index is 2.31. The van der Waals surface area contributed by atoms with Gasteiger partial charge in [0.15, 0.2) is 0 Å². The number of ether oxygens (including phenoxy) is 1. The topological polar surface area (TPSA) is 38.3 Å². The monoisotopic (exact) mass is 249 g/mol. The smallest absolute Gasteiger partial charge is 0.220 e. The third-order valence-electron chi connectivity index (χ3n) is 2.53. The van der Waals surface area contributed by atoms with Gasteiger partial charge in [-0.2, -0.15) is 0 Å². The van der Waals surface area contributed by atoms with Crippen LogP contribution in [0.5, 0.6) is 0 Å². The lowest BCUT2D eigenvalue weighted by atomic mass is 10.1. The van der Waals surface area contributed by atoms with Crippen LogP contribution in [0.2, 0.25) is 0 Å². The highest BCUT2D eigenvalue weighted by Crippen LogP contribution is 2.07. The first-order valence-electron chi connectivity index (χ1n) is 6.46. The molecule has 0 aliphatic rings. The summed E-state index contributed by atoms with van der Waals surface area (Å²) in [5.74, 6) is 0.0887. The molecule has 0 aliphatic heterocycles. The van der Waals surface area contributed by atoms with Gasteiger partial charge < -0.3 is 10.1 Å². The van der Waals surface area contributed by atoms with Gasteiger partial charge in [0.1, 0.15) is 0 Å². The molecule has 1 N–H and O–H groups in total. The summed E-state index contributed by atoms with van der Waals surface area (Å²) in [6.07, 6.45) is 1.44. The Kier molecular flexibility index (Phi) is 5.86. The van der Waals surface area contributed by atoms with Crippen LogP contribution in [-0.4, -0.2) is 18.1 Å². The molecule has 0 saturated carbocycles. The van der Waals surface area contributed by atoms with E-state index in [-0.39, 0.29) is 11.4 Å². The van der Waals surface area contributed by atoms with Gasteiger partial charge in [0.2, 0.25) is 5.91 Å². The first-order valence-corrected chi connectivity index (χ1v) is 6.46. The van der Waals surface area contributed by atoms with Gasteiger partial charge >= 0.3 is 0 Å². The van der Waals surface area contributed by atoms with Crippen LogP contribution in [0.15, 0.2) is 30.3 Å². The Morgan fingerprint density at radius 3 is 2.56 bits per heavy atom. The van der Waals surface area contributed by atoms with Crippen LogP contribution >= 0.6 is 0 Å². The molecule has 0 aromatic heterocycles.